The average molecular weight is 392 g/mol. The van der Waals surface area contributed by atoms with Gasteiger partial charge in [0.05, 0.1) is 5.69 Å². The number of ketones is 1. The first-order valence-corrected chi connectivity index (χ1v) is 9.50. The number of hydrogen-bond acceptors (Lipinski definition) is 4. The first-order chi connectivity index (χ1) is 13.8. The second-order valence-electron chi connectivity index (χ2n) is 6.89. The highest BCUT2D eigenvalue weighted by atomic mass is 16.5. The molecule has 0 bridgehead atoms. The van der Waals surface area contributed by atoms with Gasteiger partial charge in [0, 0.05) is 23.2 Å². The van der Waals surface area contributed by atoms with Crippen molar-refractivity contribution >= 4 is 34.1 Å². The minimum atomic E-state index is -0.652. The number of H-pyrrole nitrogens is 1. The fourth-order valence-electron chi connectivity index (χ4n) is 3.68. The summed E-state index contributed by atoms with van der Waals surface area (Å²) in [6, 6.07) is 13.6. The number of amides is 1. The minimum absolute atomic E-state index is 0.125. The third-order valence-corrected chi connectivity index (χ3v) is 5.00. The Kier molecular flexibility index (Phi) is 5.82. The molecule has 1 N–H and O–H groups in total. The van der Waals surface area contributed by atoms with Crippen LogP contribution in [0.5, 0.6) is 0 Å². The minimum Gasteiger partial charge on any atom is -0.451 e. The van der Waals surface area contributed by atoms with E-state index in [9.17, 15) is 14.4 Å². The smallest absolute Gasteiger partial charge is 0.355 e. The summed E-state index contributed by atoms with van der Waals surface area (Å²) >= 11 is 0. The molecule has 3 aromatic rings. The van der Waals surface area contributed by atoms with Gasteiger partial charge in [-0.2, -0.15) is 0 Å². The molecule has 6 nitrogen and oxygen atoms in total. The van der Waals surface area contributed by atoms with E-state index >= 15 is 0 Å². The average Bonchev–Trinajstić information content (AvgIpc) is 3.01. The number of rotatable bonds is 6. The van der Waals surface area contributed by atoms with Gasteiger partial charge in [-0.1, -0.05) is 36.4 Å². The number of Topliss-reactive ketones (excluding diaryl/α,β-unsaturated/α-hetero) is 1. The topological polar surface area (TPSA) is 79.5 Å². The zero-order valence-corrected chi connectivity index (χ0v) is 17.0. The van der Waals surface area contributed by atoms with Crippen molar-refractivity contribution < 1.29 is 19.1 Å². The molecule has 1 heterocycles. The van der Waals surface area contributed by atoms with Crippen LogP contribution in [-0.4, -0.2) is 35.8 Å². The highest BCUT2D eigenvalue weighted by Gasteiger charge is 2.23. The summed E-state index contributed by atoms with van der Waals surface area (Å²) in [7, 11) is 0. The van der Waals surface area contributed by atoms with Gasteiger partial charge in [0.1, 0.15) is 5.69 Å². The van der Waals surface area contributed by atoms with Crippen LogP contribution in [0, 0.1) is 13.8 Å². The summed E-state index contributed by atoms with van der Waals surface area (Å²) in [5, 5.41) is 1.99. The van der Waals surface area contributed by atoms with Crippen molar-refractivity contribution in [3.8, 4) is 0 Å². The largest absolute Gasteiger partial charge is 0.451 e. The normalized spacial score (nSPS) is 10.8. The molecule has 2 aromatic carbocycles. The number of nitrogens with one attached hydrogen (secondary N) is 1. The first-order valence-electron chi connectivity index (χ1n) is 9.50. The van der Waals surface area contributed by atoms with E-state index in [-0.39, 0.29) is 24.0 Å². The number of ether oxygens (including phenoxy) is 1. The quantitative estimate of drug-likeness (QED) is 0.504. The molecule has 0 spiro atoms. The molecule has 0 aliphatic carbocycles. The van der Waals surface area contributed by atoms with E-state index in [1.165, 1.54) is 6.92 Å². The molecule has 1 amide bonds. The summed E-state index contributed by atoms with van der Waals surface area (Å²) in [5.74, 6) is -1.09. The zero-order valence-electron chi connectivity index (χ0n) is 17.0. The molecule has 0 fully saturated rings. The molecule has 1 aromatic heterocycles. The van der Waals surface area contributed by atoms with Crippen molar-refractivity contribution in [1.82, 2.24) is 4.98 Å². The Morgan fingerprint density at radius 2 is 1.72 bits per heavy atom. The van der Waals surface area contributed by atoms with Gasteiger partial charge >= 0.3 is 5.97 Å². The number of fused-ring (bicyclic) bond motifs is 1. The number of aromatic nitrogens is 1. The summed E-state index contributed by atoms with van der Waals surface area (Å²) in [6.45, 7) is 6.80. The third-order valence-electron chi connectivity index (χ3n) is 5.00. The van der Waals surface area contributed by atoms with Crippen molar-refractivity contribution in [2.45, 2.75) is 27.7 Å². The maximum absolute atomic E-state index is 12.8. The summed E-state index contributed by atoms with van der Waals surface area (Å²) in [4.78, 5) is 41.5. The van der Waals surface area contributed by atoms with Crippen molar-refractivity contribution in [3.63, 3.8) is 0 Å². The lowest BCUT2D eigenvalue weighted by Gasteiger charge is -2.22. The molecular weight excluding hydrogens is 368 g/mol. The lowest BCUT2D eigenvalue weighted by molar-refractivity contribution is -0.121. The van der Waals surface area contributed by atoms with Gasteiger partial charge in [0.15, 0.2) is 12.4 Å². The van der Waals surface area contributed by atoms with Gasteiger partial charge in [-0.3, -0.25) is 9.59 Å². The molecule has 0 aliphatic heterocycles. The van der Waals surface area contributed by atoms with E-state index in [4.69, 9.17) is 4.74 Å². The van der Waals surface area contributed by atoms with E-state index in [0.29, 0.717) is 23.4 Å². The molecule has 0 saturated carbocycles. The number of hydrogen-bond donors (Lipinski definition) is 1. The predicted molar refractivity (Wildman–Crippen MR) is 113 cm³/mol. The first kappa shape index (κ1) is 20.3. The second-order valence-corrected chi connectivity index (χ2v) is 6.89. The maximum Gasteiger partial charge on any atom is 0.355 e. The van der Waals surface area contributed by atoms with Crippen LogP contribution in [0.4, 0.5) is 5.69 Å². The van der Waals surface area contributed by atoms with Crippen LogP contribution < -0.4 is 4.90 Å². The molecule has 0 radical (unpaired) electrons. The number of aryl methyl sites for hydroxylation is 1. The number of aromatic amines is 1. The highest BCUT2D eigenvalue weighted by Crippen LogP contribution is 2.27. The third kappa shape index (κ3) is 3.92. The fraction of sp³-hybridized carbons (Fsp3) is 0.261. The van der Waals surface area contributed by atoms with Crippen LogP contribution in [-0.2, 0) is 9.53 Å². The highest BCUT2D eigenvalue weighted by molar-refractivity contribution is 6.05. The Morgan fingerprint density at radius 1 is 1.03 bits per heavy atom. The fourth-order valence-corrected chi connectivity index (χ4v) is 3.68. The van der Waals surface area contributed by atoms with Crippen LogP contribution >= 0.6 is 0 Å². The lowest BCUT2D eigenvalue weighted by Crippen LogP contribution is -2.34. The van der Waals surface area contributed by atoms with Gasteiger partial charge in [0.2, 0.25) is 0 Å². The Labute approximate surface area is 169 Å². The molecule has 150 valence electrons. The van der Waals surface area contributed by atoms with Crippen LogP contribution in [0.3, 0.4) is 0 Å². The van der Waals surface area contributed by atoms with E-state index in [2.05, 4.69) is 4.98 Å². The number of likely N-dealkylation sites (N-methyl/N-ethyl adjacent to an activating group) is 1. The number of benzene rings is 2. The van der Waals surface area contributed by atoms with Gasteiger partial charge in [0.25, 0.3) is 5.91 Å². The second kappa shape index (κ2) is 8.31. The number of carbonyl (C=O) groups excluding carboxylic acids is 3. The number of nitrogens with zero attached hydrogens (tertiary/aromatic N) is 1. The lowest BCUT2D eigenvalue weighted by atomic mass is 10.1. The van der Waals surface area contributed by atoms with Gasteiger partial charge in [-0.25, -0.2) is 4.79 Å². The van der Waals surface area contributed by atoms with Crippen molar-refractivity contribution in [2.75, 3.05) is 18.1 Å². The summed E-state index contributed by atoms with van der Waals surface area (Å²) < 4.78 is 5.26. The van der Waals surface area contributed by atoms with E-state index < -0.39 is 5.97 Å². The van der Waals surface area contributed by atoms with E-state index in [0.717, 1.165) is 16.5 Å². The Balaban J connectivity index is 1.78. The van der Waals surface area contributed by atoms with Crippen LogP contribution in [0.2, 0.25) is 0 Å². The summed E-state index contributed by atoms with van der Waals surface area (Å²) in [5.41, 5.74) is 2.61. The monoisotopic (exact) mass is 392 g/mol. The molecule has 0 saturated heterocycles. The van der Waals surface area contributed by atoms with Gasteiger partial charge in [-0.05, 0) is 44.7 Å². The van der Waals surface area contributed by atoms with Crippen LogP contribution in [0.25, 0.3) is 10.8 Å². The maximum atomic E-state index is 12.8. The number of esters is 1. The molecule has 0 atom stereocenters. The molecule has 6 heteroatoms. The zero-order chi connectivity index (χ0) is 21.1. The Hall–Kier alpha value is -3.41. The number of anilines is 1. The van der Waals surface area contributed by atoms with Crippen molar-refractivity contribution in [1.29, 1.82) is 0 Å². The SMILES string of the molecule is CCN(C(=O)COC(=O)c1[nH]c(C)c(C(C)=O)c1C)c1cccc2ccccc12. The van der Waals surface area contributed by atoms with E-state index in [1.54, 1.807) is 18.7 Å². The molecule has 29 heavy (non-hydrogen) atoms. The molecule has 0 aliphatic rings. The predicted octanol–water partition coefficient (Wildman–Crippen LogP) is 4.20. The van der Waals surface area contributed by atoms with Crippen LogP contribution in [0.15, 0.2) is 42.5 Å². The summed E-state index contributed by atoms with van der Waals surface area (Å²) in [6.07, 6.45) is 0. The van der Waals surface area contributed by atoms with Gasteiger partial charge in [-0.15, -0.1) is 0 Å². The molecule has 0 unspecified atom stereocenters. The molecular formula is C23H24N2O4. The van der Waals surface area contributed by atoms with Crippen molar-refractivity contribution in [3.05, 3.63) is 65.0 Å². The Morgan fingerprint density at radius 3 is 2.38 bits per heavy atom. The van der Waals surface area contributed by atoms with Crippen LogP contribution in [0.1, 0.15) is 46.0 Å². The molecule has 3 rings (SSSR count). The number of carbonyl (C=O) groups is 3. The van der Waals surface area contributed by atoms with Crippen molar-refractivity contribution in [2.24, 2.45) is 0 Å². The van der Waals surface area contributed by atoms with Gasteiger partial charge < -0.3 is 14.6 Å². The van der Waals surface area contributed by atoms with E-state index in [1.807, 2.05) is 49.4 Å². The Bertz CT molecular complexity index is 1090. The standard InChI is InChI=1S/C23H24N2O4/c1-5-25(19-12-8-10-17-9-6-7-11-18(17)19)20(27)13-29-23(28)22-14(2)21(16(4)26)15(3)24-22/h6-12,24H,5,13H2,1-4H3.